The molecule has 0 radical (unpaired) electrons. The standard InChI is InChI=1S/C19H22N2O5S/c1-25-17-4-2-5-18(14-17)26-12-10-20-19(22)15-6-8-16(9-7-15)21-11-3-13-27(21,23)24/h2,4-9,14H,3,10-13H2,1H3,(H,20,22). The zero-order valence-electron chi connectivity index (χ0n) is 15.1. The Balaban J connectivity index is 1.49. The highest BCUT2D eigenvalue weighted by molar-refractivity contribution is 7.93. The predicted octanol–water partition coefficient (Wildman–Crippen LogP) is 2.04. The lowest BCUT2D eigenvalue weighted by atomic mass is 10.2. The molecule has 0 spiro atoms. The third-order valence-electron chi connectivity index (χ3n) is 4.21. The van der Waals surface area contributed by atoms with Crippen molar-refractivity contribution in [1.29, 1.82) is 0 Å². The first-order valence-corrected chi connectivity index (χ1v) is 10.3. The first kappa shape index (κ1) is 19.0. The Hall–Kier alpha value is -2.74. The lowest BCUT2D eigenvalue weighted by molar-refractivity contribution is 0.0947. The molecular formula is C19H22N2O5S. The summed E-state index contributed by atoms with van der Waals surface area (Å²) in [5.41, 5.74) is 1.06. The van der Waals surface area contributed by atoms with Gasteiger partial charge in [-0.1, -0.05) is 6.07 Å². The van der Waals surface area contributed by atoms with Crippen LogP contribution in [0, 0.1) is 0 Å². The quantitative estimate of drug-likeness (QED) is 0.732. The van der Waals surface area contributed by atoms with E-state index in [1.807, 2.05) is 18.2 Å². The molecule has 3 rings (SSSR count). The number of benzene rings is 2. The van der Waals surface area contributed by atoms with Crippen LogP contribution in [0.1, 0.15) is 16.8 Å². The molecule has 1 saturated heterocycles. The Morgan fingerprint density at radius 3 is 2.56 bits per heavy atom. The van der Waals surface area contributed by atoms with Gasteiger partial charge in [0.2, 0.25) is 10.0 Å². The number of hydrogen-bond acceptors (Lipinski definition) is 5. The van der Waals surface area contributed by atoms with Gasteiger partial charge in [-0.2, -0.15) is 0 Å². The second-order valence-electron chi connectivity index (χ2n) is 6.07. The van der Waals surface area contributed by atoms with Crippen molar-refractivity contribution in [3.8, 4) is 11.5 Å². The zero-order valence-corrected chi connectivity index (χ0v) is 15.9. The minimum atomic E-state index is -3.21. The molecule has 1 amide bonds. The summed E-state index contributed by atoms with van der Waals surface area (Å²) in [6.07, 6.45) is 0.623. The van der Waals surface area contributed by atoms with Crippen molar-refractivity contribution in [2.24, 2.45) is 0 Å². The van der Waals surface area contributed by atoms with E-state index in [1.165, 1.54) is 4.31 Å². The third-order valence-corrected chi connectivity index (χ3v) is 6.08. The van der Waals surface area contributed by atoms with E-state index < -0.39 is 10.0 Å². The minimum absolute atomic E-state index is 0.169. The number of ether oxygens (including phenoxy) is 2. The van der Waals surface area contributed by atoms with Gasteiger partial charge in [0.1, 0.15) is 18.1 Å². The van der Waals surface area contributed by atoms with E-state index in [2.05, 4.69) is 5.32 Å². The largest absolute Gasteiger partial charge is 0.497 e. The Morgan fingerprint density at radius 2 is 1.89 bits per heavy atom. The number of amides is 1. The van der Waals surface area contributed by atoms with Crippen LogP contribution in [0.5, 0.6) is 11.5 Å². The van der Waals surface area contributed by atoms with Gasteiger partial charge >= 0.3 is 0 Å². The number of hydrogen-bond donors (Lipinski definition) is 1. The fraction of sp³-hybridized carbons (Fsp3) is 0.316. The van der Waals surface area contributed by atoms with Crippen molar-refractivity contribution >= 4 is 21.6 Å². The SMILES string of the molecule is COc1cccc(OCCNC(=O)c2ccc(N3CCCS3(=O)=O)cc2)c1. The highest BCUT2D eigenvalue weighted by Gasteiger charge is 2.28. The molecule has 2 aromatic rings. The summed E-state index contributed by atoms with van der Waals surface area (Å²) in [6.45, 7) is 1.15. The van der Waals surface area contributed by atoms with Crippen LogP contribution in [0.25, 0.3) is 0 Å². The van der Waals surface area contributed by atoms with Crippen molar-refractivity contribution < 1.29 is 22.7 Å². The normalized spacial score (nSPS) is 15.4. The maximum atomic E-state index is 12.2. The predicted molar refractivity (Wildman–Crippen MR) is 103 cm³/mol. The molecule has 1 heterocycles. The zero-order chi connectivity index (χ0) is 19.3. The van der Waals surface area contributed by atoms with Gasteiger partial charge in [0, 0.05) is 18.2 Å². The van der Waals surface area contributed by atoms with E-state index in [1.54, 1.807) is 37.4 Å². The Labute approximate surface area is 158 Å². The van der Waals surface area contributed by atoms with Crippen LogP contribution in [-0.2, 0) is 10.0 Å². The van der Waals surface area contributed by atoms with Gasteiger partial charge in [0.25, 0.3) is 5.91 Å². The van der Waals surface area contributed by atoms with Crippen molar-refractivity contribution in [1.82, 2.24) is 5.32 Å². The molecular weight excluding hydrogens is 368 g/mol. The van der Waals surface area contributed by atoms with Crippen LogP contribution in [0.2, 0.25) is 0 Å². The fourth-order valence-corrected chi connectivity index (χ4v) is 4.40. The van der Waals surface area contributed by atoms with E-state index in [9.17, 15) is 13.2 Å². The summed E-state index contributed by atoms with van der Waals surface area (Å²) in [5, 5.41) is 2.78. The van der Waals surface area contributed by atoms with Crippen LogP contribution in [0.4, 0.5) is 5.69 Å². The van der Waals surface area contributed by atoms with Crippen molar-refractivity contribution in [2.45, 2.75) is 6.42 Å². The first-order valence-electron chi connectivity index (χ1n) is 8.65. The van der Waals surface area contributed by atoms with Gasteiger partial charge < -0.3 is 14.8 Å². The Bertz CT molecular complexity index is 897. The molecule has 1 aliphatic rings. The highest BCUT2D eigenvalue weighted by atomic mass is 32.2. The molecule has 1 fully saturated rings. The molecule has 1 N–H and O–H groups in total. The molecule has 0 aliphatic carbocycles. The Morgan fingerprint density at radius 1 is 1.15 bits per heavy atom. The van der Waals surface area contributed by atoms with Crippen LogP contribution in [-0.4, -0.2) is 46.9 Å². The molecule has 8 heteroatoms. The van der Waals surface area contributed by atoms with Gasteiger partial charge in [0.15, 0.2) is 0 Å². The van der Waals surface area contributed by atoms with Gasteiger partial charge in [-0.05, 0) is 42.8 Å². The molecule has 0 bridgehead atoms. The first-order chi connectivity index (χ1) is 13.0. The number of methoxy groups -OCH3 is 1. The molecule has 0 unspecified atom stereocenters. The van der Waals surface area contributed by atoms with Gasteiger partial charge in [-0.15, -0.1) is 0 Å². The second-order valence-corrected chi connectivity index (χ2v) is 8.08. The number of carbonyl (C=O) groups excluding carboxylic acids is 1. The van der Waals surface area contributed by atoms with E-state index in [0.29, 0.717) is 48.9 Å². The molecule has 2 aromatic carbocycles. The average molecular weight is 390 g/mol. The average Bonchev–Trinajstić information content (AvgIpc) is 3.04. The van der Waals surface area contributed by atoms with Gasteiger partial charge in [0.05, 0.1) is 25.1 Å². The van der Waals surface area contributed by atoms with Crippen molar-refractivity contribution in [2.75, 3.05) is 36.9 Å². The summed E-state index contributed by atoms with van der Waals surface area (Å²) in [4.78, 5) is 12.2. The number of rotatable bonds is 7. The molecule has 0 saturated carbocycles. The van der Waals surface area contributed by atoms with Crippen LogP contribution in [0.3, 0.4) is 0 Å². The number of sulfonamides is 1. The van der Waals surface area contributed by atoms with Crippen molar-refractivity contribution in [3.63, 3.8) is 0 Å². The maximum absolute atomic E-state index is 12.2. The number of nitrogens with one attached hydrogen (secondary N) is 1. The summed E-state index contributed by atoms with van der Waals surface area (Å²) >= 11 is 0. The van der Waals surface area contributed by atoms with E-state index >= 15 is 0 Å². The van der Waals surface area contributed by atoms with Crippen LogP contribution in [0.15, 0.2) is 48.5 Å². The maximum Gasteiger partial charge on any atom is 0.251 e. The summed E-state index contributed by atoms with van der Waals surface area (Å²) < 4.78 is 36.0. The van der Waals surface area contributed by atoms with Gasteiger partial charge in [-0.25, -0.2) is 8.42 Å². The molecule has 0 atom stereocenters. The molecule has 7 nitrogen and oxygen atoms in total. The monoisotopic (exact) mass is 390 g/mol. The lowest BCUT2D eigenvalue weighted by Crippen LogP contribution is -2.28. The molecule has 27 heavy (non-hydrogen) atoms. The van der Waals surface area contributed by atoms with E-state index in [0.717, 1.165) is 0 Å². The fourth-order valence-electron chi connectivity index (χ4n) is 2.84. The highest BCUT2D eigenvalue weighted by Crippen LogP contribution is 2.24. The minimum Gasteiger partial charge on any atom is -0.497 e. The molecule has 1 aliphatic heterocycles. The summed E-state index contributed by atoms with van der Waals surface area (Å²) in [6, 6.07) is 13.8. The number of carbonyl (C=O) groups is 1. The number of nitrogens with zero attached hydrogens (tertiary/aromatic N) is 1. The lowest BCUT2D eigenvalue weighted by Gasteiger charge is -2.17. The summed E-state index contributed by atoms with van der Waals surface area (Å²) in [5.74, 6) is 1.30. The van der Waals surface area contributed by atoms with E-state index in [4.69, 9.17) is 9.47 Å². The third kappa shape index (κ3) is 4.71. The smallest absolute Gasteiger partial charge is 0.251 e. The molecule has 144 valence electrons. The van der Waals surface area contributed by atoms with Crippen LogP contribution >= 0.6 is 0 Å². The molecule has 0 aromatic heterocycles. The second kappa shape index (κ2) is 8.30. The number of anilines is 1. The van der Waals surface area contributed by atoms with Crippen molar-refractivity contribution in [3.05, 3.63) is 54.1 Å². The van der Waals surface area contributed by atoms with Crippen LogP contribution < -0.4 is 19.1 Å². The van der Waals surface area contributed by atoms with E-state index in [-0.39, 0.29) is 11.7 Å². The summed E-state index contributed by atoms with van der Waals surface area (Å²) in [7, 11) is -1.63. The van der Waals surface area contributed by atoms with Gasteiger partial charge in [-0.3, -0.25) is 9.10 Å². The Kier molecular flexibility index (Phi) is 5.85. The topological polar surface area (TPSA) is 84.9 Å².